The Kier molecular flexibility index (Phi) is 5.91. The molecule has 3 nitrogen and oxygen atoms in total. The Labute approximate surface area is 92.7 Å². The van der Waals surface area contributed by atoms with Gasteiger partial charge in [0.25, 0.3) is 0 Å². The van der Waals surface area contributed by atoms with E-state index in [1.54, 1.807) is 0 Å². The van der Waals surface area contributed by atoms with Crippen molar-refractivity contribution < 1.29 is 9.84 Å². The second kappa shape index (κ2) is 6.99. The van der Waals surface area contributed by atoms with E-state index in [4.69, 9.17) is 4.74 Å². The molecule has 1 aliphatic rings. The van der Waals surface area contributed by atoms with Crippen LogP contribution in [0.5, 0.6) is 0 Å². The van der Waals surface area contributed by atoms with Gasteiger partial charge in [-0.2, -0.15) is 0 Å². The van der Waals surface area contributed by atoms with E-state index in [1.165, 1.54) is 12.8 Å². The van der Waals surface area contributed by atoms with Gasteiger partial charge in [-0.3, -0.25) is 0 Å². The van der Waals surface area contributed by atoms with Crippen molar-refractivity contribution in [2.75, 3.05) is 32.8 Å². The van der Waals surface area contributed by atoms with Crippen molar-refractivity contribution in [3.05, 3.63) is 12.7 Å². The molecule has 0 spiro atoms. The highest BCUT2D eigenvalue weighted by Crippen LogP contribution is 2.07. The van der Waals surface area contributed by atoms with E-state index in [9.17, 15) is 5.11 Å². The van der Waals surface area contributed by atoms with E-state index in [0.29, 0.717) is 19.1 Å². The van der Waals surface area contributed by atoms with Gasteiger partial charge in [-0.25, -0.2) is 0 Å². The van der Waals surface area contributed by atoms with Crippen LogP contribution in [0.4, 0.5) is 0 Å². The number of aliphatic hydroxyl groups is 1. The summed E-state index contributed by atoms with van der Waals surface area (Å²) in [5.41, 5.74) is 0. The summed E-state index contributed by atoms with van der Waals surface area (Å²) in [7, 11) is 0. The summed E-state index contributed by atoms with van der Waals surface area (Å²) in [6.45, 7) is 9.84. The van der Waals surface area contributed by atoms with E-state index in [-0.39, 0.29) is 6.10 Å². The van der Waals surface area contributed by atoms with Crippen LogP contribution in [0.1, 0.15) is 19.8 Å². The van der Waals surface area contributed by atoms with E-state index in [0.717, 1.165) is 19.6 Å². The van der Waals surface area contributed by atoms with Gasteiger partial charge in [-0.05, 0) is 31.8 Å². The molecule has 2 atom stereocenters. The summed E-state index contributed by atoms with van der Waals surface area (Å²) in [4.78, 5) is 2.30. The van der Waals surface area contributed by atoms with Crippen molar-refractivity contribution in [1.82, 2.24) is 4.90 Å². The Morgan fingerprint density at radius 3 is 2.67 bits per heavy atom. The summed E-state index contributed by atoms with van der Waals surface area (Å²) < 4.78 is 5.41. The van der Waals surface area contributed by atoms with Crippen LogP contribution in [-0.2, 0) is 4.74 Å². The van der Waals surface area contributed by atoms with Gasteiger partial charge >= 0.3 is 0 Å². The highest BCUT2D eigenvalue weighted by atomic mass is 16.5. The van der Waals surface area contributed by atoms with Crippen LogP contribution in [0.3, 0.4) is 0 Å². The number of likely N-dealkylation sites (tertiary alicyclic amines) is 1. The average Bonchev–Trinajstić information content (AvgIpc) is 2.70. The molecule has 2 unspecified atom stereocenters. The normalized spacial score (nSPS) is 21.5. The van der Waals surface area contributed by atoms with Gasteiger partial charge in [0.15, 0.2) is 0 Å². The monoisotopic (exact) mass is 213 g/mol. The minimum atomic E-state index is -0.347. The summed E-state index contributed by atoms with van der Waals surface area (Å²) in [6, 6.07) is 0. The van der Waals surface area contributed by atoms with Crippen molar-refractivity contribution in [3.8, 4) is 0 Å². The Morgan fingerprint density at radius 1 is 1.40 bits per heavy atom. The van der Waals surface area contributed by atoms with Crippen LogP contribution < -0.4 is 0 Å². The summed E-state index contributed by atoms with van der Waals surface area (Å²) >= 11 is 0. The predicted molar refractivity (Wildman–Crippen MR) is 61.9 cm³/mol. The van der Waals surface area contributed by atoms with Gasteiger partial charge in [0, 0.05) is 6.54 Å². The fourth-order valence-corrected chi connectivity index (χ4v) is 1.77. The summed E-state index contributed by atoms with van der Waals surface area (Å²) in [5.74, 6) is 0.365. The lowest BCUT2D eigenvalue weighted by atomic mass is 10.2. The standard InChI is InChI=1S/C12H23NO2/c1-3-11(2)9-15-10-12(14)8-13-6-4-5-7-13/h3,11-12,14H,1,4-10H2,2H3. The second-order valence-electron chi connectivity index (χ2n) is 4.41. The molecule has 15 heavy (non-hydrogen) atoms. The lowest BCUT2D eigenvalue weighted by molar-refractivity contribution is 0.0141. The Morgan fingerprint density at radius 2 is 2.07 bits per heavy atom. The third-order valence-corrected chi connectivity index (χ3v) is 2.76. The molecule has 0 bridgehead atoms. The zero-order chi connectivity index (χ0) is 11.1. The molecule has 3 heteroatoms. The largest absolute Gasteiger partial charge is 0.389 e. The van der Waals surface area contributed by atoms with Crippen molar-refractivity contribution in [2.24, 2.45) is 5.92 Å². The number of hydrogen-bond donors (Lipinski definition) is 1. The molecule has 88 valence electrons. The highest BCUT2D eigenvalue weighted by Gasteiger charge is 2.15. The molecule has 1 heterocycles. The van der Waals surface area contributed by atoms with Gasteiger partial charge in [0.05, 0.1) is 19.3 Å². The second-order valence-corrected chi connectivity index (χ2v) is 4.41. The maximum absolute atomic E-state index is 9.70. The number of ether oxygens (including phenoxy) is 1. The molecule has 1 saturated heterocycles. The molecule has 0 saturated carbocycles. The van der Waals surface area contributed by atoms with Gasteiger partial charge in [-0.15, -0.1) is 6.58 Å². The van der Waals surface area contributed by atoms with E-state index < -0.39 is 0 Å². The molecule has 0 aliphatic carbocycles. The number of aliphatic hydroxyl groups excluding tert-OH is 1. The van der Waals surface area contributed by atoms with Gasteiger partial charge in [0.2, 0.25) is 0 Å². The lowest BCUT2D eigenvalue weighted by Gasteiger charge is -2.19. The number of rotatable bonds is 7. The average molecular weight is 213 g/mol. The van der Waals surface area contributed by atoms with Crippen molar-refractivity contribution >= 4 is 0 Å². The highest BCUT2D eigenvalue weighted by molar-refractivity contribution is 4.74. The first kappa shape index (κ1) is 12.7. The van der Waals surface area contributed by atoms with Crippen LogP contribution >= 0.6 is 0 Å². The molecule has 0 aromatic carbocycles. The number of hydrogen-bond acceptors (Lipinski definition) is 3. The maximum atomic E-state index is 9.70. The zero-order valence-electron chi connectivity index (χ0n) is 9.69. The Hall–Kier alpha value is -0.380. The van der Waals surface area contributed by atoms with Crippen LogP contribution in [0.15, 0.2) is 12.7 Å². The summed E-state index contributed by atoms with van der Waals surface area (Å²) in [6.07, 6.45) is 4.05. The minimum absolute atomic E-state index is 0.347. The molecule has 0 aromatic rings. The van der Waals surface area contributed by atoms with Gasteiger partial charge in [0.1, 0.15) is 0 Å². The number of nitrogens with zero attached hydrogens (tertiary/aromatic N) is 1. The molecule has 1 fully saturated rings. The first-order chi connectivity index (χ1) is 7.22. The minimum Gasteiger partial charge on any atom is -0.389 e. The van der Waals surface area contributed by atoms with E-state index >= 15 is 0 Å². The first-order valence-electron chi connectivity index (χ1n) is 5.83. The molecule has 1 N–H and O–H groups in total. The van der Waals surface area contributed by atoms with Crippen LogP contribution in [0.25, 0.3) is 0 Å². The zero-order valence-corrected chi connectivity index (χ0v) is 9.69. The van der Waals surface area contributed by atoms with Gasteiger partial charge < -0.3 is 14.7 Å². The molecular weight excluding hydrogens is 190 g/mol. The molecule has 0 amide bonds. The van der Waals surface area contributed by atoms with Crippen molar-refractivity contribution in [2.45, 2.75) is 25.9 Å². The lowest BCUT2D eigenvalue weighted by Crippen LogP contribution is -2.33. The summed E-state index contributed by atoms with van der Waals surface area (Å²) in [5, 5.41) is 9.70. The van der Waals surface area contributed by atoms with E-state index in [2.05, 4.69) is 18.4 Å². The SMILES string of the molecule is C=CC(C)COCC(O)CN1CCCC1. The third kappa shape index (κ3) is 5.30. The van der Waals surface area contributed by atoms with Gasteiger partial charge in [-0.1, -0.05) is 13.0 Å². The number of β-amino-alcohol motifs (C(OH)–C–C–N with tert-alkyl or cyclic N) is 1. The molecule has 1 aliphatic heterocycles. The Balaban J connectivity index is 2.02. The van der Waals surface area contributed by atoms with Crippen LogP contribution in [0, 0.1) is 5.92 Å². The quantitative estimate of drug-likeness (QED) is 0.647. The predicted octanol–water partition coefficient (Wildman–Crippen LogP) is 1.28. The fourth-order valence-electron chi connectivity index (χ4n) is 1.77. The van der Waals surface area contributed by atoms with Crippen LogP contribution in [-0.4, -0.2) is 49.0 Å². The third-order valence-electron chi connectivity index (χ3n) is 2.76. The molecular formula is C12H23NO2. The topological polar surface area (TPSA) is 32.7 Å². The Bertz CT molecular complexity index is 178. The first-order valence-corrected chi connectivity index (χ1v) is 5.83. The molecule has 0 aromatic heterocycles. The fraction of sp³-hybridized carbons (Fsp3) is 0.833. The molecule has 0 radical (unpaired) electrons. The van der Waals surface area contributed by atoms with Crippen molar-refractivity contribution in [1.29, 1.82) is 0 Å². The maximum Gasteiger partial charge on any atom is 0.0900 e. The van der Waals surface area contributed by atoms with Crippen LogP contribution in [0.2, 0.25) is 0 Å². The smallest absolute Gasteiger partial charge is 0.0900 e. The van der Waals surface area contributed by atoms with Crippen molar-refractivity contribution in [3.63, 3.8) is 0 Å². The molecule has 1 rings (SSSR count). The van der Waals surface area contributed by atoms with E-state index in [1.807, 2.05) is 6.08 Å².